The van der Waals surface area contributed by atoms with Gasteiger partial charge >= 0.3 is 0 Å². The molecule has 1 rings (SSSR count). The summed E-state index contributed by atoms with van der Waals surface area (Å²) >= 11 is 0. The Balaban J connectivity index is 2.59. The molecule has 0 saturated heterocycles. The van der Waals surface area contributed by atoms with Crippen LogP contribution in [-0.4, -0.2) is 38.1 Å². The molecule has 0 heterocycles. The minimum absolute atomic E-state index is 0.0452. The third-order valence-electron chi connectivity index (χ3n) is 3.36. The molecule has 0 aromatic heterocycles. The maximum Gasteiger partial charge on any atom is 0.251 e. The molecule has 122 valence electrons. The van der Waals surface area contributed by atoms with Crippen LogP contribution in [0.2, 0.25) is 0 Å². The summed E-state index contributed by atoms with van der Waals surface area (Å²) in [6, 6.07) is 6.86. The molecule has 1 unspecified atom stereocenters. The van der Waals surface area contributed by atoms with E-state index >= 15 is 0 Å². The van der Waals surface area contributed by atoms with Crippen LogP contribution in [0.1, 0.15) is 43.6 Å². The fourth-order valence-electron chi connectivity index (χ4n) is 1.90. The highest BCUT2D eigenvalue weighted by Gasteiger charge is 2.17. The standard InChI is InChI=1S/C17H26N2O3/c1-12(15(20)18-10-11-22-5)19-16(21)13-6-8-14(9-7-13)17(2,3)4/h6-9,12H,10-11H2,1-5H3,(H,18,20)(H,19,21). The first-order chi connectivity index (χ1) is 10.3. The highest BCUT2D eigenvalue weighted by Crippen LogP contribution is 2.22. The summed E-state index contributed by atoms with van der Waals surface area (Å²) in [7, 11) is 1.57. The predicted octanol–water partition coefficient (Wildman–Crippen LogP) is 1.86. The Hall–Kier alpha value is -1.88. The van der Waals surface area contributed by atoms with Crippen molar-refractivity contribution in [3.05, 3.63) is 35.4 Å². The molecule has 0 radical (unpaired) electrons. The number of methoxy groups -OCH3 is 1. The van der Waals surface area contributed by atoms with Crippen molar-refractivity contribution in [2.45, 2.75) is 39.2 Å². The predicted molar refractivity (Wildman–Crippen MR) is 87.0 cm³/mol. The van der Waals surface area contributed by atoms with E-state index in [2.05, 4.69) is 31.4 Å². The normalized spacial score (nSPS) is 12.6. The first kappa shape index (κ1) is 18.2. The molecule has 0 aliphatic carbocycles. The molecule has 0 fully saturated rings. The van der Waals surface area contributed by atoms with Crippen LogP contribution in [0.25, 0.3) is 0 Å². The number of carbonyl (C=O) groups is 2. The van der Waals surface area contributed by atoms with Gasteiger partial charge in [0.2, 0.25) is 5.91 Å². The number of rotatable bonds is 6. The van der Waals surface area contributed by atoms with Crippen molar-refractivity contribution in [3.63, 3.8) is 0 Å². The molecule has 0 saturated carbocycles. The second kappa shape index (κ2) is 7.94. The molecular formula is C17H26N2O3. The number of nitrogens with one attached hydrogen (secondary N) is 2. The SMILES string of the molecule is COCCNC(=O)C(C)NC(=O)c1ccc(C(C)(C)C)cc1. The monoisotopic (exact) mass is 306 g/mol. The van der Waals surface area contributed by atoms with Crippen molar-refractivity contribution in [1.29, 1.82) is 0 Å². The van der Waals surface area contributed by atoms with Gasteiger partial charge in [0, 0.05) is 19.2 Å². The number of amides is 2. The highest BCUT2D eigenvalue weighted by molar-refractivity contribution is 5.97. The Bertz CT molecular complexity index is 504. The summed E-state index contributed by atoms with van der Waals surface area (Å²) in [5.74, 6) is -0.480. The highest BCUT2D eigenvalue weighted by atomic mass is 16.5. The molecule has 1 aromatic rings. The number of hydrogen-bond acceptors (Lipinski definition) is 3. The van der Waals surface area contributed by atoms with Crippen LogP contribution in [0.3, 0.4) is 0 Å². The van der Waals surface area contributed by atoms with Gasteiger partial charge in [0.1, 0.15) is 6.04 Å². The van der Waals surface area contributed by atoms with Gasteiger partial charge < -0.3 is 15.4 Å². The minimum Gasteiger partial charge on any atom is -0.383 e. The number of ether oxygens (including phenoxy) is 1. The van der Waals surface area contributed by atoms with E-state index in [0.717, 1.165) is 5.56 Å². The lowest BCUT2D eigenvalue weighted by atomic mass is 9.86. The second-order valence-electron chi connectivity index (χ2n) is 6.31. The molecule has 22 heavy (non-hydrogen) atoms. The van der Waals surface area contributed by atoms with E-state index in [9.17, 15) is 9.59 Å². The quantitative estimate of drug-likeness (QED) is 0.788. The zero-order chi connectivity index (χ0) is 16.8. The van der Waals surface area contributed by atoms with E-state index in [1.807, 2.05) is 12.1 Å². The van der Waals surface area contributed by atoms with Crippen LogP contribution in [0, 0.1) is 0 Å². The lowest BCUT2D eigenvalue weighted by Crippen LogP contribution is -2.45. The van der Waals surface area contributed by atoms with Crippen LogP contribution >= 0.6 is 0 Å². The van der Waals surface area contributed by atoms with Crippen molar-refractivity contribution in [2.24, 2.45) is 0 Å². The van der Waals surface area contributed by atoms with Crippen LogP contribution in [0.4, 0.5) is 0 Å². The molecule has 2 amide bonds. The van der Waals surface area contributed by atoms with Gasteiger partial charge in [-0.25, -0.2) is 0 Å². The molecule has 1 atom stereocenters. The number of hydrogen-bond donors (Lipinski definition) is 2. The van der Waals surface area contributed by atoms with Gasteiger partial charge in [-0.15, -0.1) is 0 Å². The van der Waals surface area contributed by atoms with Crippen LogP contribution in [0.5, 0.6) is 0 Å². The van der Waals surface area contributed by atoms with Crippen molar-refractivity contribution in [3.8, 4) is 0 Å². The van der Waals surface area contributed by atoms with Gasteiger partial charge in [0.15, 0.2) is 0 Å². The average Bonchev–Trinajstić information content (AvgIpc) is 2.46. The number of benzene rings is 1. The summed E-state index contributed by atoms with van der Waals surface area (Å²) in [6.07, 6.45) is 0. The fraction of sp³-hybridized carbons (Fsp3) is 0.529. The van der Waals surface area contributed by atoms with Gasteiger partial charge in [-0.3, -0.25) is 9.59 Å². The maximum atomic E-state index is 12.1. The number of carbonyl (C=O) groups excluding carboxylic acids is 2. The minimum atomic E-state index is -0.591. The summed E-state index contributed by atoms with van der Waals surface area (Å²) in [5, 5.41) is 5.38. The molecule has 0 bridgehead atoms. The summed E-state index contributed by atoms with van der Waals surface area (Å²) < 4.78 is 4.86. The van der Waals surface area contributed by atoms with E-state index in [0.29, 0.717) is 18.7 Å². The van der Waals surface area contributed by atoms with Crippen molar-refractivity contribution >= 4 is 11.8 Å². The molecule has 0 aliphatic rings. The molecule has 5 nitrogen and oxygen atoms in total. The van der Waals surface area contributed by atoms with Crippen molar-refractivity contribution in [1.82, 2.24) is 10.6 Å². The van der Waals surface area contributed by atoms with Gasteiger partial charge in [-0.2, -0.15) is 0 Å². The van der Waals surface area contributed by atoms with Crippen LogP contribution < -0.4 is 10.6 Å². The van der Waals surface area contributed by atoms with E-state index in [-0.39, 0.29) is 17.2 Å². The lowest BCUT2D eigenvalue weighted by molar-refractivity contribution is -0.122. The Morgan fingerprint density at radius 1 is 1.18 bits per heavy atom. The Labute approximate surface area is 132 Å². The van der Waals surface area contributed by atoms with E-state index in [4.69, 9.17) is 4.74 Å². The molecule has 2 N–H and O–H groups in total. The Kier molecular flexibility index (Phi) is 6.56. The van der Waals surface area contributed by atoms with Crippen molar-refractivity contribution in [2.75, 3.05) is 20.3 Å². The maximum absolute atomic E-state index is 12.1. The van der Waals surface area contributed by atoms with E-state index < -0.39 is 6.04 Å². The Morgan fingerprint density at radius 2 is 1.77 bits per heavy atom. The Morgan fingerprint density at radius 3 is 2.27 bits per heavy atom. The first-order valence-corrected chi connectivity index (χ1v) is 7.43. The van der Waals surface area contributed by atoms with Gasteiger partial charge in [-0.1, -0.05) is 32.9 Å². The molecule has 5 heteroatoms. The summed E-state index contributed by atoms with van der Waals surface area (Å²) in [5.41, 5.74) is 1.75. The second-order valence-corrected chi connectivity index (χ2v) is 6.31. The topological polar surface area (TPSA) is 67.4 Å². The van der Waals surface area contributed by atoms with E-state index in [1.54, 1.807) is 26.2 Å². The van der Waals surface area contributed by atoms with Gasteiger partial charge in [-0.05, 0) is 30.0 Å². The van der Waals surface area contributed by atoms with Gasteiger partial charge in [0.25, 0.3) is 5.91 Å². The first-order valence-electron chi connectivity index (χ1n) is 7.43. The molecular weight excluding hydrogens is 280 g/mol. The van der Waals surface area contributed by atoms with Crippen molar-refractivity contribution < 1.29 is 14.3 Å². The largest absolute Gasteiger partial charge is 0.383 e. The smallest absolute Gasteiger partial charge is 0.251 e. The zero-order valence-corrected chi connectivity index (χ0v) is 14.0. The molecule has 0 aliphatic heterocycles. The average molecular weight is 306 g/mol. The third kappa shape index (κ3) is 5.48. The fourth-order valence-corrected chi connectivity index (χ4v) is 1.90. The lowest BCUT2D eigenvalue weighted by Gasteiger charge is -2.19. The van der Waals surface area contributed by atoms with Crippen LogP contribution in [-0.2, 0) is 14.9 Å². The van der Waals surface area contributed by atoms with E-state index in [1.165, 1.54) is 0 Å². The molecule has 0 spiro atoms. The van der Waals surface area contributed by atoms with Crippen LogP contribution in [0.15, 0.2) is 24.3 Å². The zero-order valence-electron chi connectivity index (χ0n) is 14.0. The van der Waals surface area contributed by atoms with Gasteiger partial charge in [0.05, 0.1) is 6.61 Å². The summed E-state index contributed by atoms with van der Waals surface area (Å²) in [6.45, 7) is 8.89. The summed E-state index contributed by atoms with van der Waals surface area (Å²) in [4.78, 5) is 23.9. The third-order valence-corrected chi connectivity index (χ3v) is 3.36. The molecule has 1 aromatic carbocycles.